The summed E-state index contributed by atoms with van der Waals surface area (Å²) in [5, 5.41) is 9.16. The second kappa shape index (κ2) is 8.94. The predicted molar refractivity (Wildman–Crippen MR) is 103 cm³/mol. The molecule has 8 heteroatoms. The fourth-order valence-corrected chi connectivity index (χ4v) is 2.76. The van der Waals surface area contributed by atoms with E-state index in [1.165, 1.54) is 6.07 Å². The van der Waals surface area contributed by atoms with Gasteiger partial charge in [0.2, 0.25) is 0 Å². The first-order valence-electron chi connectivity index (χ1n) is 7.51. The first kappa shape index (κ1) is 19.4. The number of rotatable bonds is 5. The van der Waals surface area contributed by atoms with E-state index in [0.29, 0.717) is 38.6 Å². The van der Waals surface area contributed by atoms with Crippen molar-refractivity contribution in [3.05, 3.63) is 57.0 Å². The minimum Gasteiger partial charge on any atom is -0.352 e. The van der Waals surface area contributed by atoms with Gasteiger partial charge in [0.25, 0.3) is 5.91 Å². The zero-order valence-corrected chi connectivity index (χ0v) is 15.6. The Labute approximate surface area is 160 Å². The van der Waals surface area contributed by atoms with Crippen LogP contribution < -0.4 is 16.0 Å². The molecule has 0 fully saturated rings. The Morgan fingerprint density at radius 3 is 2.24 bits per heavy atom. The number of anilines is 2. The highest BCUT2D eigenvalue weighted by atomic mass is 35.5. The van der Waals surface area contributed by atoms with Crippen molar-refractivity contribution >= 4 is 58.1 Å². The minimum atomic E-state index is -0.551. The van der Waals surface area contributed by atoms with E-state index in [1.807, 2.05) is 6.92 Å². The van der Waals surface area contributed by atoms with Crippen LogP contribution >= 0.6 is 34.8 Å². The van der Waals surface area contributed by atoms with Gasteiger partial charge in [-0.25, -0.2) is 4.79 Å². The smallest absolute Gasteiger partial charge is 0.323 e. The molecule has 25 heavy (non-hydrogen) atoms. The summed E-state index contributed by atoms with van der Waals surface area (Å²) in [6.45, 7) is 2.49. The molecule has 0 aliphatic carbocycles. The maximum Gasteiger partial charge on any atom is 0.323 e. The number of urea groups is 1. The number of nitrogens with one attached hydrogen (secondary N) is 3. The first-order valence-corrected chi connectivity index (χ1v) is 8.64. The van der Waals surface area contributed by atoms with Gasteiger partial charge in [0.05, 0.1) is 11.3 Å². The summed E-state index contributed by atoms with van der Waals surface area (Å²) in [6, 6.07) is 8.76. The molecule has 3 N–H and O–H groups in total. The molecule has 0 aliphatic heterocycles. The molecule has 0 atom stereocenters. The van der Waals surface area contributed by atoms with E-state index in [1.54, 1.807) is 30.3 Å². The summed E-state index contributed by atoms with van der Waals surface area (Å²) in [5.74, 6) is -0.292. The Bertz CT molecular complexity index is 776. The molecule has 0 radical (unpaired) electrons. The number of carbonyl (C=O) groups excluding carboxylic acids is 2. The lowest BCUT2D eigenvalue weighted by molar-refractivity contribution is 0.0954. The van der Waals surface area contributed by atoms with Crippen LogP contribution in [0.2, 0.25) is 15.1 Å². The largest absolute Gasteiger partial charge is 0.352 e. The molecule has 0 saturated carbocycles. The average Bonchev–Trinajstić information content (AvgIpc) is 2.51. The van der Waals surface area contributed by atoms with Gasteiger partial charge >= 0.3 is 6.03 Å². The third-order valence-electron chi connectivity index (χ3n) is 3.13. The summed E-state index contributed by atoms with van der Waals surface area (Å²) in [4.78, 5) is 24.4. The van der Waals surface area contributed by atoms with Gasteiger partial charge in [-0.1, -0.05) is 41.7 Å². The Hall–Kier alpha value is -1.95. The number of benzene rings is 2. The van der Waals surface area contributed by atoms with E-state index in [4.69, 9.17) is 34.8 Å². The molecule has 132 valence electrons. The number of carbonyl (C=O) groups is 2. The van der Waals surface area contributed by atoms with Crippen LogP contribution in [0.15, 0.2) is 36.4 Å². The molecule has 0 aliphatic rings. The number of amides is 3. The normalized spacial score (nSPS) is 10.2. The Morgan fingerprint density at radius 2 is 1.60 bits per heavy atom. The lowest BCUT2D eigenvalue weighted by Gasteiger charge is -2.13. The topological polar surface area (TPSA) is 70.2 Å². The van der Waals surface area contributed by atoms with E-state index in [2.05, 4.69) is 16.0 Å². The molecule has 0 spiro atoms. The van der Waals surface area contributed by atoms with Gasteiger partial charge in [-0.2, -0.15) is 0 Å². The third-order valence-corrected chi connectivity index (χ3v) is 3.80. The molecule has 0 saturated heterocycles. The quantitative estimate of drug-likeness (QED) is 0.626. The molecule has 0 aromatic heterocycles. The summed E-state index contributed by atoms with van der Waals surface area (Å²) >= 11 is 17.8. The zero-order valence-electron chi connectivity index (χ0n) is 13.3. The van der Waals surface area contributed by atoms with E-state index in [-0.39, 0.29) is 5.91 Å². The second-order valence-electron chi connectivity index (χ2n) is 5.18. The summed E-state index contributed by atoms with van der Waals surface area (Å²) in [5.41, 5.74) is 1.04. The average molecular weight is 401 g/mol. The van der Waals surface area contributed by atoms with E-state index >= 15 is 0 Å². The van der Waals surface area contributed by atoms with Crippen molar-refractivity contribution in [2.75, 3.05) is 17.2 Å². The van der Waals surface area contributed by atoms with Crippen LogP contribution in [0.3, 0.4) is 0 Å². The van der Waals surface area contributed by atoms with E-state index in [0.717, 1.165) is 6.42 Å². The van der Waals surface area contributed by atoms with Crippen molar-refractivity contribution < 1.29 is 9.59 Å². The predicted octanol–water partition coefficient (Wildman–Crippen LogP) is 5.43. The van der Waals surface area contributed by atoms with Gasteiger partial charge in [-0.15, -0.1) is 0 Å². The number of hydrogen-bond acceptors (Lipinski definition) is 2. The van der Waals surface area contributed by atoms with Crippen LogP contribution in [0.25, 0.3) is 0 Å². The molecule has 3 amide bonds. The van der Waals surface area contributed by atoms with Crippen LogP contribution in [0.1, 0.15) is 23.7 Å². The molecule has 5 nitrogen and oxygen atoms in total. The number of halogens is 3. The molecule has 0 unspecified atom stereocenters. The summed E-state index contributed by atoms with van der Waals surface area (Å²) in [7, 11) is 0. The van der Waals surface area contributed by atoms with Crippen molar-refractivity contribution in [2.24, 2.45) is 0 Å². The van der Waals surface area contributed by atoms with Crippen molar-refractivity contribution in [2.45, 2.75) is 13.3 Å². The number of hydrogen-bond donors (Lipinski definition) is 3. The highest BCUT2D eigenvalue weighted by Crippen LogP contribution is 2.24. The van der Waals surface area contributed by atoms with E-state index in [9.17, 15) is 9.59 Å². The summed E-state index contributed by atoms with van der Waals surface area (Å²) < 4.78 is 0. The molecule has 2 aromatic rings. The highest BCUT2D eigenvalue weighted by molar-refractivity contribution is 6.35. The monoisotopic (exact) mass is 399 g/mol. The Balaban J connectivity index is 2.16. The van der Waals surface area contributed by atoms with Gasteiger partial charge < -0.3 is 16.0 Å². The second-order valence-corrected chi connectivity index (χ2v) is 6.49. The zero-order chi connectivity index (χ0) is 18.4. The molecule has 0 bridgehead atoms. The van der Waals surface area contributed by atoms with Crippen molar-refractivity contribution in [3.63, 3.8) is 0 Å². The van der Waals surface area contributed by atoms with Crippen molar-refractivity contribution in [1.82, 2.24) is 5.32 Å². The fourth-order valence-electron chi connectivity index (χ4n) is 2.06. The van der Waals surface area contributed by atoms with Crippen LogP contribution in [0.5, 0.6) is 0 Å². The lowest BCUT2D eigenvalue weighted by Crippen LogP contribution is -2.27. The van der Waals surface area contributed by atoms with Crippen molar-refractivity contribution in [1.29, 1.82) is 0 Å². The van der Waals surface area contributed by atoms with Crippen LogP contribution in [-0.2, 0) is 0 Å². The van der Waals surface area contributed by atoms with Crippen LogP contribution in [0.4, 0.5) is 16.2 Å². The minimum absolute atomic E-state index is 0.292. The van der Waals surface area contributed by atoms with Crippen LogP contribution in [0, 0.1) is 0 Å². The maximum absolute atomic E-state index is 12.2. The van der Waals surface area contributed by atoms with Gasteiger partial charge in [0, 0.05) is 27.3 Å². The summed E-state index contributed by atoms with van der Waals surface area (Å²) in [6.07, 6.45) is 0.804. The molecule has 2 aromatic carbocycles. The van der Waals surface area contributed by atoms with E-state index < -0.39 is 6.03 Å². The Kier molecular flexibility index (Phi) is 6.93. The molecular weight excluding hydrogens is 385 g/mol. The maximum atomic E-state index is 12.2. The molecule has 0 heterocycles. The van der Waals surface area contributed by atoms with Gasteiger partial charge in [-0.3, -0.25) is 4.79 Å². The fraction of sp³-hybridized carbons (Fsp3) is 0.176. The lowest BCUT2D eigenvalue weighted by atomic mass is 10.1. The van der Waals surface area contributed by atoms with Gasteiger partial charge in [0.15, 0.2) is 0 Å². The standard InChI is InChI=1S/C17H16Cl3N3O2/c1-2-5-21-16(24)14-4-3-10(18)9-15(14)23-17(25)22-13-7-11(19)6-12(20)8-13/h3-4,6-9H,2,5H2,1H3,(H,21,24)(H2,22,23,25). The Morgan fingerprint density at radius 1 is 0.920 bits per heavy atom. The first-order chi connectivity index (χ1) is 11.9. The van der Waals surface area contributed by atoms with Crippen LogP contribution in [-0.4, -0.2) is 18.5 Å². The molecule has 2 rings (SSSR count). The van der Waals surface area contributed by atoms with Crippen molar-refractivity contribution in [3.8, 4) is 0 Å². The van der Waals surface area contributed by atoms with Gasteiger partial charge in [-0.05, 0) is 42.8 Å². The third kappa shape index (κ3) is 5.81. The SMILES string of the molecule is CCCNC(=O)c1ccc(Cl)cc1NC(=O)Nc1cc(Cl)cc(Cl)c1. The van der Waals surface area contributed by atoms with Gasteiger partial charge in [0.1, 0.15) is 0 Å². The molecular formula is C17H16Cl3N3O2. The highest BCUT2D eigenvalue weighted by Gasteiger charge is 2.14.